The van der Waals surface area contributed by atoms with Crippen molar-refractivity contribution in [3.05, 3.63) is 108 Å². The quantitative estimate of drug-likeness (QED) is 0.290. The minimum Gasteiger partial charge on any atom is -0.382 e. The molecule has 44 heavy (non-hydrogen) atoms. The van der Waals surface area contributed by atoms with E-state index in [2.05, 4.69) is 15.1 Å². The van der Waals surface area contributed by atoms with Crippen LogP contribution in [0.5, 0.6) is 0 Å². The summed E-state index contributed by atoms with van der Waals surface area (Å²) in [5.74, 6) is -2.09. The second-order valence-corrected chi connectivity index (χ2v) is 11.3. The molecule has 2 aromatic carbocycles. The third-order valence-electron chi connectivity index (χ3n) is 8.24. The van der Waals surface area contributed by atoms with Crippen LogP contribution < -0.4 is 0 Å². The highest BCUT2D eigenvalue weighted by molar-refractivity contribution is 6.05. The molecular formula is C31H27F3N8O2. The highest BCUT2D eigenvalue weighted by Crippen LogP contribution is 2.39. The standard InChI is InChI=1S/C31H27F3N8O2/c1-39-14-27-28(30(39)43)23(8-9-36-27)24-13-42(38-29(24)19-2-4-20(32)5-3-19)22-11-40(12-22)15-31(44,16-41-18-35-17-37-41)25-7-6-21(33)10-26(25)34/h2-10,13,17-18,22,44H,11-12,14-16H2,1H3. The van der Waals surface area contributed by atoms with E-state index in [-0.39, 0.29) is 36.4 Å². The fourth-order valence-electron chi connectivity index (χ4n) is 6.05. The molecule has 1 amide bonds. The lowest BCUT2D eigenvalue weighted by atomic mass is 9.90. The number of nitrogens with zero attached hydrogens (tertiary/aromatic N) is 8. The number of fused-ring (bicyclic) bond motifs is 1. The van der Waals surface area contributed by atoms with E-state index in [0.29, 0.717) is 53.3 Å². The predicted octanol–water partition coefficient (Wildman–Crippen LogP) is 3.65. The summed E-state index contributed by atoms with van der Waals surface area (Å²) in [6, 6.07) is 10.8. The number of rotatable bonds is 8. The number of benzene rings is 2. The maximum atomic E-state index is 14.9. The second-order valence-electron chi connectivity index (χ2n) is 11.3. The summed E-state index contributed by atoms with van der Waals surface area (Å²) >= 11 is 0. The third kappa shape index (κ3) is 4.93. The van der Waals surface area contributed by atoms with Crippen LogP contribution in [0, 0.1) is 17.5 Å². The molecule has 2 aliphatic rings. The maximum absolute atomic E-state index is 14.9. The minimum atomic E-state index is -1.73. The Morgan fingerprint density at radius 1 is 1.00 bits per heavy atom. The summed E-state index contributed by atoms with van der Waals surface area (Å²) < 4.78 is 45.6. The number of amides is 1. The van der Waals surface area contributed by atoms with Crippen LogP contribution >= 0.6 is 0 Å². The Bertz CT molecular complexity index is 1850. The van der Waals surface area contributed by atoms with Gasteiger partial charge in [0, 0.05) is 67.4 Å². The molecule has 13 heteroatoms. The number of aromatic nitrogens is 6. The zero-order valence-electron chi connectivity index (χ0n) is 23.6. The maximum Gasteiger partial charge on any atom is 0.256 e. The van der Waals surface area contributed by atoms with Crippen molar-refractivity contribution in [3.63, 3.8) is 0 Å². The van der Waals surface area contributed by atoms with Gasteiger partial charge in [0.25, 0.3) is 5.91 Å². The van der Waals surface area contributed by atoms with Crippen LogP contribution in [0.2, 0.25) is 0 Å². The highest BCUT2D eigenvalue weighted by Gasteiger charge is 2.40. The van der Waals surface area contributed by atoms with Crippen molar-refractivity contribution in [2.45, 2.75) is 24.7 Å². The summed E-state index contributed by atoms with van der Waals surface area (Å²) in [4.78, 5) is 24.9. The van der Waals surface area contributed by atoms with Crippen LogP contribution in [0.15, 0.2) is 73.6 Å². The SMILES string of the molecule is CN1Cc2nccc(-c3cn(C4CN(CC(O)(Cn5cncn5)c5ccc(F)cc5F)C4)nc3-c3ccc(F)cc3)c2C1=O. The molecule has 0 radical (unpaired) electrons. The first kappa shape index (κ1) is 27.9. The molecule has 0 bridgehead atoms. The van der Waals surface area contributed by atoms with E-state index in [9.17, 15) is 23.1 Å². The lowest BCUT2D eigenvalue weighted by Crippen LogP contribution is -2.54. The fourth-order valence-corrected chi connectivity index (χ4v) is 6.05. The molecule has 5 heterocycles. The minimum absolute atomic E-state index is 0.0426. The van der Waals surface area contributed by atoms with E-state index in [1.807, 2.05) is 15.8 Å². The van der Waals surface area contributed by atoms with Gasteiger partial charge in [-0.15, -0.1) is 0 Å². The number of hydrogen-bond acceptors (Lipinski definition) is 7. The molecule has 0 saturated carbocycles. The van der Waals surface area contributed by atoms with Crippen molar-refractivity contribution < 1.29 is 23.1 Å². The Morgan fingerprint density at radius 3 is 2.50 bits per heavy atom. The summed E-state index contributed by atoms with van der Waals surface area (Å²) in [5.41, 5.74) is 2.13. The third-order valence-corrected chi connectivity index (χ3v) is 8.24. The number of carbonyl (C=O) groups excluding carboxylic acids is 1. The first-order valence-corrected chi connectivity index (χ1v) is 14.0. The zero-order chi connectivity index (χ0) is 30.6. The molecule has 10 nitrogen and oxygen atoms in total. The van der Waals surface area contributed by atoms with Gasteiger partial charge in [0.05, 0.1) is 30.4 Å². The summed E-state index contributed by atoms with van der Waals surface area (Å²) in [7, 11) is 1.73. The number of likely N-dealkylation sites (tertiary alicyclic amines) is 1. The Labute approximate surface area is 250 Å². The average Bonchev–Trinajstić information content (AvgIpc) is 3.71. The van der Waals surface area contributed by atoms with Crippen LogP contribution in [-0.4, -0.2) is 77.0 Å². The Kier molecular flexibility index (Phi) is 6.78. The summed E-state index contributed by atoms with van der Waals surface area (Å²) in [5, 5.41) is 20.7. The summed E-state index contributed by atoms with van der Waals surface area (Å²) in [6.45, 7) is 1.31. The van der Waals surface area contributed by atoms with Crippen LogP contribution in [0.1, 0.15) is 27.7 Å². The molecule has 224 valence electrons. The Hall–Kier alpha value is -4.88. The number of aliphatic hydroxyl groups is 1. The summed E-state index contributed by atoms with van der Waals surface area (Å²) in [6.07, 6.45) is 6.29. The Balaban J connectivity index is 1.19. The molecule has 1 fully saturated rings. The topological polar surface area (TPSA) is 105 Å². The van der Waals surface area contributed by atoms with E-state index >= 15 is 0 Å². The van der Waals surface area contributed by atoms with Gasteiger partial charge in [-0.25, -0.2) is 22.8 Å². The van der Waals surface area contributed by atoms with E-state index in [4.69, 9.17) is 5.10 Å². The van der Waals surface area contributed by atoms with Gasteiger partial charge in [-0.3, -0.25) is 19.4 Å². The molecule has 2 aliphatic heterocycles. The molecule has 5 aromatic rings. The van der Waals surface area contributed by atoms with Crippen LogP contribution in [0.4, 0.5) is 13.2 Å². The van der Waals surface area contributed by atoms with Crippen molar-refractivity contribution >= 4 is 5.91 Å². The molecule has 0 aliphatic carbocycles. The van der Waals surface area contributed by atoms with Crippen LogP contribution in [0.25, 0.3) is 22.4 Å². The number of β-amino-alcohol motifs (C(OH)–C–C–N with tert-alkyl or cyclic N) is 1. The van der Waals surface area contributed by atoms with E-state index < -0.39 is 17.2 Å². The molecule has 7 rings (SSSR count). The molecule has 1 N–H and O–H groups in total. The number of carbonyl (C=O) groups is 1. The van der Waals surface area contributed by atoms with Crippen LogP contribution in [-0.2, 0) is 18.7 Å². The van der Waals surface area contributed by atoms with Gasteiger partial charge in [-0.05, 0) is 36.4 Å². The Morgan fingerprint density at radius 2 is 1.77 bits per heavy atom. The van der Waals surface area contributed by atoms with Gasteiger partial charge in [-0.2, -0.15) is 10.2 Å². The molecule has 0 spiro atoms. The monoisotopic (exact) mass is 600 g/mol. The van der Waals surface area contributed by atoms with Crippen molar-refractivity contribution in [1.82, 2.24) is 39.3 Å². The molecule has 1 atom stereocenters. The highest BCUT2D eigenvalue weighted by atomic mass is 19.1. The van der Waals surface area contributed by atoms with Gasteiger partial charge in [-0.1, -0.05) is 6.07 Å². The first-order valence-electron chi connectivity index (χ1n) is 14.0. The van der Waals surface area contributed by atoms with E-state index in [1.54, 1.807) is 36.3 Å². The van der Waals surface area contributed by atoms with Crippen molar-refractivity contribution in [2.24, 2.45) is 0 Å². The fraction of sp³-hybridized carbons (Fsp3) is 0.258. The predicted molar refractivity (Wildman–Crippen MR) is 152 cm³/mol. The molecule has 1 unspecified atom stereocenters. The molecule has 3 aromatic heterocycles. The van der Waals surface area contributed by atoms with Gasteiger partial charge in [0.1, 0.15) is 41.4 Å². The lowest BCUT2D eigenvalue weighted by molar-refractivity contribution is -0.0495. The van der Waals surface area contributed by atoms with Crippen LogP contribution in [0.3, 0.4) is 0 Å². The number of pyridine rings is 1. The van der Waals surface area contributed by atoms with Gasteiger partial charge in [0.15, 0.2) is 0 Å². The van der Waals surface area contributed by atoms with E-state index in [1.165, 1.54) is 35.5 Å². The van der Waals surface area contributed by atoms with Crippen molar-refractivity contribution in [2.75, 3.05) is 26.7 Å². The average molecular weight is 601 g/mol. The second kappa shape index (κ2) is 10.7. The van der Waals surface area contributed by atoms with Crippen molar-refractivity contribution in [1.29, 1.82) is 0 Å². The van der Waals surface area contributed by atoms with Gasteiger partial charge >= 0.3 is 0 Å². The van der Waals surface area contributed by atoms with Gasteiger partial charge < -0.3 is 10.0 Å². The normalized spacial score (nSPS) is 16.7. The number of halogens is 3. The first-order chi connectivity index (χ1) is 21.2. The van der Waals surface area contributed by atoms with E-state index in [0.717, 1.165) is 12.1 Å². The molecular weight excluding hydrogens is 573 g/mol. The largest absolute Gasteiger partial charge is 0.382 e. The number of hydrogen-bond donors (Lipinski definition) is 1. The van der Waals surface area contributed by atoms with Gasteiger partial charge in [0.2, 0.25) is 0 Å². The lowest BCUT2D eigenvalue weighted by Gasteiger charge is -2.43. The van der Waals surface area contributed by atoms with Crippen molar-refractivity contribution in [3.8, 4) is 22.4 Å². The smallest absolute Gasteiger partial charge is 0.256 e. The molecule has 1 saturated heterocycles. The zero-order valence-corrected chi connectivity index (χ0v) is 23.6.